The summed E-state index contributed by atoms with van der Waals surface area (Å²) in [6, 6.07) is 51.5. The number of aromatic nitrogens is 6. The van der Waals surface area contributed by atoms with Gasteiger partial charge in [-0.1, -0.05) is 96.0 Å². The number of rotatable bonds is 6. The number of benzene rings is 6. The van der Waals surface area contributed by atoms with E-state index in [1.54, 1.807) is 60.7 Å². The summed E-state index contributed by atoms with van der Waals surface area (Å²) in [4.78, 5) is 26.7. The predicted molar refractivity (Wildman–Crippen MR) is 228 cm³/mol. The van der Waals surface area contributed by atoms with Crippen molar-refractivity contribution in [2.45, 2.75) is 0 Å². The Kier molecular flexibility index (Phi) is 14.0. The van der Waals surface area contributed by atoms with Crippen molar-refractivity contribution in [3.8, 4) is 69.1 Å². The molecule has 2 N–H and O–H groups in total. The van der Waals surface area contributed by atoms with E-state index in [1.165, 1.54) is 0 Å². The standard InChI is InChI=1S/C22H13ClN4.C16H9ClN4.C6H6BClO2/c23-19-12-10-18(11-13-19)22-26-20(16-4-2-1-3-5-16)25-21(27-22)17-8-6-15(14-24)7-9-17;17-16-20-14(12-4-2-1-3-5-12)19-15(21-16)13-8-6-11(10-18)7-9-13;8-6-3-1-5(2-4-6)7(9)10/h1-13H;1-9H;1-4,9-10H. The molecule has 0 radical (unpaired) electrons. The third kappa shape index (κ3) is 11.1. The molecule has 0 saturated carbocycles. The number of halogens is 3. The monoisotopic (exact) mass is 816 g/mol. The molecule has 6 aromatic carbocycles. The lowest BCUT2D eigenvalue weighted by molar-refractivity contribution is 0.426. The summed E-state index contributed by atoms with van der Waals surface area (Å²) in [6.45, 7) is 0. The fraction of sp³-hybridized carbons (Fsp3) is 0. The van der Waals surface area contributed by atoms with Crippen molar-refractivity contribution in [2.24, 2.45) is 0 Å². The highest BCUT2D eigenvalue weighted by Crippen LogP contribution is 2.26. The molecule has 2 aromatic heterocycles. The predicted octanol–water partition coefficient (Wildman–Crippen LogP) is 9.15. The zero-order chi connectivity index (χ0) is 40.9. The van der Waals surface area contributed by atoms with Gasteiger partial charge in [0.1, 0.15) is 0 Å². The van der Waals surface area contributed by atoms with E-state index in [4.69, 9.17) is 55.4 Å². The molecule has 0 aliphatic carbocycles. The van der Waals surface area contributed by atoms with Gasteiger partial charge >= 0.3 is 7.12 Å². The molecule has 8 rings (SSSR count). The summed E-state index contributed by atoms with van der Waals surface area (Å²) in [7, 11) is -1.41. The average molecular weight is 818 g/mol. The lowest BCUT2D eigenvalue weighted by atomic mass is 9.81. The maximum atomic E-state index is 9.00. The van der Waals surface area contributed by atoms with Crippen molar-refractivity contribution in [1.29, 1.82) is 10.5 Å². The van der Waals surface area contributed by atoms with Crippen LogP contribution in [0.2, 0.25) is 15.3 Å². The topological polar surface area (TPSA) is 165 Å². The first kappa shape index (κ1) is 40.8. The van der Waals surface area contributed by atoms with E-state index < -0.39 is 7.12 Å². The number of nitrogens with zero attached hydrogens (tertiary/aromatic N) is 8. The Bertz CT molecular complexity index is 2680. The lowest BCUT2D eigenvalue weighted by Gasteiger charge is -2.08. The third-order valence-corrected chi connectivity index (χ3v) is 8.80. The van der Waals surface area contributed by atoms with Gasteiger partial charge in [-0.2, -0.15) is 20.5 Å². The highest BCUT2D eigenvalue weighted by atomic mass is 35.5. The van der Waals surface area contributed by atoms with Crippen LogP contribution < -0.4 is 5.46 Å². The normalized spacial score (nSPS) is 10.1. The zero-order valence-electron chi connectivity index (χ0n) is 30.2. The second-order valence-electron chi connectivity index (χ2n) is 12.1. The Morgan fingerprint density at radius 1 is 0.379 bits per heavy atom. The van der Waals surface area contributed by atoms with Gasteiger partial charge in [0, 0.05) is 37.9 Å². The van der Waals surface area contributed by atoms with Crippen LogP contribution in [0.25, 0.3) is 56.9 Å². The zero-order valence-corrected chi connectivity index (χ0v) is 32.5. The summed E-state index contributed by atoms with van der Waals surface area (Å²) in [5.74, 6) is 2.72. The van der Waals surface area contributed by atoms with Gasteiger partial charge in [-0.25, -0.2) is 19.9 Å². The number of hydrogen-bond acceptors (Lipinski definition) is 10. The van der Waals surface area contributed by atoms with Gasteiger partial charge in [0.15, 0.2) is 29.1 Å². The quantitative estimate of drug-likeness (QED) is 0.155. The largest absolute Gasteiger partial charge is 0.488 e. The SMILES string of the molecule is N#Cc1ccc(-c2nc(-c3ccccc3)nc(-c3ccc(Cl)cc3)n2)cc1.N#Cc1ccc(-c2nc(Cl)nc(-c3ccccc3)n2)cc1.OB(O)c1ccc(Cl)cc1. The van der Waals surface area contributed by atoms with Crippen molar-refractivity contribution >= 4 is 47.4 Å². The van der Waals surface area contributed by atoms with Crippen molar-refractivity contribution in [1.82, 2.24) is 29.9 Å². The molecule has 14 heteroatoms. The maximum Gasteiger partial charge on any atom is 0.488 e. The van der Waals surface area contributed by atoms with E-state index in [1.807, 2.05) is 97.1 Å². The fourth-order valence-corrected chi connectivity index (χ4v) is 5.58. The highest BCUT2D eigenvalue weighted by molar-refractivity contribution is 6.58. The minimum atomic E-state index is -1.41. The lowest BCUT2D eigenvalue weighted by Crippen LogP contribution is -2.29. The number of nitriles is 2. The summed E-state index contributed by atoms with van der Waals surface area (Å²) in [6.07, 6.45) is 0. The van der Waals surface area contributed by atoms with Crippen LogP contribution in [0.1, 0.15) is 11.1 Å². The number of hydrogen-bond donors (Lipinski definition) is 2. The van der Waals surface area contributed by atoms with Crippen molar-refractivity contribution < 1.29 is 10.0 Å². The molecule has 0 unspecified atom stereocenters. The molecular formula is C44H28BCl3N8O2. The Balaban J connectivity index is 0.000000162. The Labute approximate surface area is 349 Å². The van der Waals surface area contributed by atoms with Crippen LogP contribution in [0.15, 0.2) is 158 Å². The van der Waals surface area contributed by atoms with Gasteiger partial charge in [-0.3, -0.25) is 0 Å². The van der Waals surface area contributed by atoms with Gasteiger partial charge in [-0.15, -0.1) is 0 Å². The minimum Gasteiger partial charge on any atom is -0.423 e. The molecule has 0 aliphatic rings. The van der Waals surface area contributed by atoms with Gasteiger partial charge < -0.3 is 10.0 Å². The second-order valence-corrected chi connectivity index (χ2v) is 13.3. The molecule has 0 aliphatic heterocycles. The maximum absolute atomic E-state index is 9.00. The highest BCUT2D eigenvalue weighted by Gasteiger charge is 2.13. The molecule has 0 fully saturated rings. The van der Waals surface area contributed by atoms with Gasteiger partial charge in [0.05, 0.1) is 23.3 Å². The van der Waals surface area contributed by atoms with Gasteiger partial charge in [0.2, 0.25) is 5.28 Å². The van der Waals surface area contributed by atoms with Crippen LogP contribution in [0, 0.1) is 22.7 Å². The third-order valence-electron chi connectivity index (χ3n) is 8.12. The molecule has 58 heavy (non-hydrogen) atoms. The molecule has 0 spiro atoms. The molecule has 280 valence electrons. The van der Waals surface area contributed by atoms with Crippen molar-refractivity contribution in [3.05, 3.63) is 184 Å². The summed E-state index contributed by atoms with van der Waals surface area (Å²) >= 11 is 17.5. The first-order chi connectivity index (χ1) is 28.2. The van der Waals surface area contributed by atoms with E-state index in [0.29, 0.717) is 55.8 Å². The molecule has 0 bridgehead atoms. The van der Waals surface area contributed by atoms with Crippen LogP contribution in [-0.4, -0.2) is 47.1 Å². The van der Waals surface area contributed by atoms with E-state index >= 15 is 0 Å². The molecule has 10 nitrogen and oxygen atoms in total. The van der Waals surface area contributed by atoms with Crippen LogP contribution in [0.4, 0.5) is 0 Å². The first-order valence-corrected chi connectivity index (χ1v) is 18.5. The van der Waals surface area contributed by atoms with Gasteiger partial charge in [0.25, 0.3) is 0 Å². The molecule has 8 aromatic rings. The molecule has 0 amide bonds. The Morgan fingerprint density at radius 2 is 0.672 bits per heavy atom. The van der Waals surface area contributed by atoms with Crippen LogP contribution in [0.5, 0.6) is 0 Å². The second kappa shape index (κ2) is 19.9. The Morgan fingerprint density at radius 3 is 1.00 bits per heavy atom. The van der Waals surface area contributed by atoms with Gasteiger partial charge in [-0.05, 0) is 102 Å². The van der Waals surface area contributed by atoms with Crippen LogP contribution in [0.3, 0.4) is 0 Å². The van der Waals surface area contributed by atoms with Crippen molar-refractivity contribution in [2.75, 3.05) is 0 Å². The van der Waals surface area contributed by atoms with E-state index in [0.717, 1.165) is 27.8 Å². The molecular weight excluding hydrogens is 790 g/mol. The first-order valence-electron chi connectivity index (χ1n) is 17.4. The summed E-state index contributed by atoms with van der Waals surface area (Å²) < 4.78 is 0. The van der Waals surface area contributed by atoms with Crippen LogP contribution >= 0.6 is 34.8 Å². The molecule has 0 saturated heterocycles. The van der Waals surface area contributed by atoms with E-state index in [9.17, 15) is 0 Å². The molecule has 0 atom stereocenters. The molecule has 2 heterocycles. The Hall–Kier alpha value is -6.83. The van der Waals surface area contributed by atoms with E-state index in [2.05, 4.69) is 42.0 Å². The van der Waals surface area contributed by atoms with Crippen molar-refractivity contribution in [3.63, 3.8) is 0 Å². The van der Waals surface area contributed by atoms with Crippen LogP contribution in [-0.2, 0) is 0 Å². The fourth-order valence-electron chi connectivity index (χ4n) is 5.17. The summed E-state index contributed by atoms with van der Waals surface area (Å²) in [5.41, 5.74) is 5.87. The average Bonchev–Trinajstić information content (AvgIpc) is 3.27. The minimum absolute atomic E-state index is 0.142. The summed E-state index contributed by atoms with van der Waals surface area (Å²) in [5, 5.41) is 36.5. The smallest absolute Gasteiger partial charge is 0.423 e. The van der Waals surface area contributed by atoms with E-state index in [-0.39, 0.29) is 5.28 Å².